The van der Waals surface area contributed by atoms with Crippen molar-refractivity contribution >= 4 is 41.5 Å². The Bertz CT molecular complexity index is 1590. The van der Waals surface area contributed by atoms with Gasteiger partial charge in [-0.25, -0.2) is 9.59 Å². The van der Waals surface area contributed by atoms with E-state index in [0.717, 1.165) is 49.7 Å². The monoisotopic (exact) mass is 847 g/mol. The van der Waals surface area contributed by atoms with Gasteiger partial charge in [0.2, 0.25) is 11.8 Å². The van der Waals surface area contributed by atoms with Crippen LogP contribution in [-0.4, -0.2) is 59.2 Å². The van der Waals surface area contributed by atoms with Gasteiger partial charge in [-0.15, -0.1) is 5.06 Å². The number of hydrogen-bond donors (Lipinski definition) is 2. The molecule has 0 saturated carbocycles. The molecule has 1 unspecified atom stereocenters. The fourth-order valence-electron chi connectivity index (χ4n) is 7.00. The molecule has 0 spiro atoms. The Balaban J connectivity index is 1.16. The maximum atomic E-state index is 13.0. The molecule has 4 amide bonds. The summed E-state index contributed by atoms with van der Waals surface area (Å²) < 4.78 is 10.9. The van der Waals surface area contributed by atoms with Gasteiger partial charge in [-0.05, 0) is 43.2 Å². The summed E-state index contributed by atoms with van der Waals surface area (Å²) >= 11 is 0. The van der Waals surface area contributed by atoms with Crippen molar-refractivity contribution in [1.82, 2.24) is 15.7 Å². The van der Waals surface area contributed by atoms with Crippen LogP contribution in [0.15, 0.2) is 60.7 Å². The van der Waals surface area contributed by atoms with E-state index in [9.17, 15) is 33.6 Å². The minimum absolute atomic E-state index is 0.00575. The molecular weight excluding hydrogens is 779 g/mol. The van der Waals surface area contributed by atoms with Crippen molar-refractivity contribution in [3.63, 3.8) is 0 Å². The van der Waals surface area contributed by atoms with E-state index in [0.29, 0.717) is 50.3 Å². The summed E-state index contributed by atoms with van der Waals surface area (Å²) in [4.78, 5) is 90.0. The van der Waals surface area contributed by atoms with Gasteiger partial charge in [0.1, 0.15) is 19.3 Å². The van der Waals surface area contributed by atoms with Gasteiger partial charge in [0.05, 0.1) is 6.42 Å². The van der Waals surface area contributed by atoms with Crippen molar-refractivity contribution in [2.75, 3.05) is 6.54 Å². The van der Waals surface area contributed by atoms with E-state index >= 15 is 0 Å². The SMILES string of the molecule is O=C(CCC(=O)ON1C(=O)CCC1=O)NCCCCC(NC(=O)CCCCCCCCCCCCCCCCCCC(=O)OCc1ccccc1)C(=O)OCc1ccccc1. The van der Waals surface area contributed by atoms with E-state index in [-0.39, 0.29) is 50.1 Å². The number of rotatable bonds is 34. The quantitative estimate of drug-likeness (QED) is 0.0394. The van der Waals surface area contributed by atoms with E-state index < -0.39 is 29.8 Å². The third kappa shape index (κ3) is 24.1. The molecule has 13 heteroatoms. The van der Waals surface area contributed by atoms with Gasteiger partial charge in [-0.3, -0.25) is 24.0 Å². The lowest BCUT2D eigenvalue weighted by Gasteiger charge is -2.18. The zero-order chi connectivity index (χ0) is 43.8. The zero-order valence-corrected chi connectivity index (χ0v) is 36.2. The molecule has 2 aromatic carbocycles. The lowest BCUT2D eigenvalue weighted by molar-refractivity contribution is -0.197. The van der Waals surface area contributed by atoms with E-state index in [1.54, 1.807) is 0 Å². The summed E-state index contributed by atoms with van der Waals surface area (Å²) in [7, 11) is 0. The number of amides is 4. The van der Waals surface area contributed by atoms with Gasteiger partial charge in [-0.1, -0.05) is 151 Å². The molecule has 336 valence electrons. The van der Waals surface area contributed by atoms with E-state index in [2.05, 4.69) is 10.6 Å². The van der Waals surface area contributed by atoms with Gasteiger partial charge in [-0.2, -0.15) is 0 Å². The third-order valence-electron chi connectivity index (χ3n) is 10.6. The number of benzene rings is 2. The van der Waals surface area contributed by atoms with Crippen molar-refractivity contribution in [3.05, 3.63) is 71.8 Å². The molecule has 2 aromatic rings. The summed E-state index contributed by atoms with van der Waals surface area (Å²) in [6.07, 6.45) is 20.2. The van der Waals surface area contributed by atoms with Crippen LogP contribution in [0.5, 0.6) is 0 Å². The fourth-order valence-corrected chi connectivity index (χ4v) is 7.00. The average molecular weight is 848 g/mol. The number of carbonyl (C=O) groups excluding carboxylic acids is 7. The third-order valence-corrected chi connectivity index (χ3v) is 10.6. The Kier molecular flexibility index (Phi) is 26.2. The van der Waals surface area contributed by atoms with Crippen LogP contribution in [0.2, 0.25) is 0 Å². The first-order valence-electron chi connectivity index (χ1n) is 22.7. The highest BCUT2D eigenvalue weighted by molar-refractivity contribution is 6.01. The molecule has 1 aliphatic rings. The van der Waals surface area contributed by atoms with Gasteiger partial charge < -0.3 is 24.9 Å². The molecule has 0 aromatic heterocycles. The summed E-state index contributed by atoms with van der Waals surface area (Å²) in [5.41, 5.74) is 1.86. The number of unbranched alkanes of at least 4 members (excludes halogenated alkanes) is 16. The standard InChI is InChI=1S/C48H69N3O10/c52-42(32-35-47(57)61-51-44(54)33-34-45(51)55)49-36-24-23-29-41(48(58)60-38-40-27-19-16-20-28-40)50-43(53)30-21-13-11-9-7-5-3-1-2-4-6-8-10-12-14-22-31-46(56)59-37-39-25-17-15-18-26-39/h15-20,25-28,41H,1-14,21-24,29-38H2,(H,49,52)(H,50,53). The smallest absolute Gasteiger partial charge is 0.333 e. The molecule has 1 atom stereocenters. The van der Waals surface area contributed by atoms with Gasteiger partial charge in [0.25, 0.3) is 11.8 Å². The minimum atomic E-state index is -0.840. The number of ether oxygens (including phenoxy) is 2. The second-order valence-corrected chi connectivity index (χ2v) is 15.9. The first-order chi connectivity index (χ1) is 29.7. The second-order valence-electron chi connectivity index (χ2n) is 15.9. The van der Waals surface area contributed by atoms with Crippen molar-refractivity contribution in [2.24, 2.45) is 0 Å². The second kappa shape index (κ2) is 31.8. The Labute approximate surface area is 362 Å². The minimum Gasteiger partial charge on any atom is -0.461 e. The highest BCUT2D eigenvalue weighted by Gasteiger charge is 2.32. The number of hydrogen-bond acceptors (Lipinski definition) is 10. The summed E-state index contributed by atoms with van der Waals surface area (Å²) in [6.45, 7) is 0.757. The molecule has 13 nitrogen and oxygen atoms in total. The zero-order valence-electron chi connectivity index (χ0n) is 36.2. The Morgan fingerprint density at radius 2 is 0.984 bits per heavy atom. The molecule has 1 aliphatic heterocycles. The highest BCUT2D eigenvalue weighted by Crippen LogP contribution is 2.16. The number of hydroxylamine groups is 2. The fraction of sp³-hybridized carbons (Fsp3) is 0.604. The van der Waals surface area contributed by atoms with Gasteiger partial charge >= 0.3 is 17.9 Å². The Hall–Kier alpha value is -5.07. The van der Waals surface area contributed by atoms with Crippen molar-refractivity contribution in [2.45, 2.75) is 180 Å². The van der Waals surface area contributed by atoms with Gasteiger partial charge in [0.15, 0.2) is 0 Å². The molecule has 2 N–H and O–H groups in total. The van der Waals surface area contributed by atoms with E-state index in [1.807, 2.05) is 60.7 Å². The molecule has 1 saturated heterocycles. The number of carbonyl (C=O) groups is 7. The summed E-state index contributed by atoms with van der Waals surface area (Å²) in [5, 5.41) is 6.04. The maximum absolute atomic E-state index is 13.0. The van der Waals surface area contributed by atoms with Crippen LogP contribution >= 0.6 is 0 Å². The lowest BCUT2D eigenvalue weighted by Crippen LogP contribution is -2.41. The largest absolute Gasteiger partial charge is 0.461 e. The van der Waals surface area contributed by atoms with Crippen LogP contribution in [0.4, 0.5) is 0 Å². The highest BCUT2D eigenvalue weighted by atomic mass is 16.7. The average Bonchev–Trinajstić information content (AvgIpc) is 3.58. The first kappa shape index (κ1) is 50.3. The number of imide groups is 1. The molecule has 1 heterocycles. The van der Waals surface area contributed by atoms with Crippen LogP contribution in [-0.2, 0) is 61.1 Å². The van der Waals surface area contributed by atoms with Crippen molar-refractivity contribution in [3.8, 4) is 0 Å². The normalized spacial score (nSPS) is 12.8. The molecule has 0 aliphatic carbocycles. The number of nitrogens with one attached hydrogen (secondary N) is 2. The number of esters is 2. The predicted molar refractivity (Wildman–Crippen MR) is 231 cm³/mol. The molecule has 0 bridgehead atoms. The van der Waals surface area contributed by atoms with Crippen LogP contribution in [0.25, 0.3) is 0 Å². The molecule has 61 heavy (non-hydrogen) atoms. The van der Waals surface area contributed by atoms with Crippen LogP contribution < -0.4 is 10.6 Å². The molecular formula is C48H69N3O10. The van der Waals surface area contributed by atoms with Crippen LogP contribution in [0, 0.1) is 0 Å². The summed E-state index contributed by atoms with van der Waals surface area (Å²) in [5.74, 6) is -3.18. The number of nitrogens with zero attached hydrogens (tertiary/aromatic N) is 1. The molecule has 0 radical (unpaired) electrons. The molecule has 3 rings (SSSR count). The Morgan fingerprint density at radius 1 is 0.508 bits per heavy atom. The van der Waals surface area contributed by atoms with Crippen molar-refractivity contribution in [1.29, 1.82) is 0 Å². The van der Waals surface area contributed by atoms with E-state index in [4.69, 9.17) is 14.3 Å². The topological polar surface area (TPSA) is 174 Å². The first-order valence-corrected chi connectivity index (χ1v) is 22.7. The van der Waals surface area contributed by atoms with Crippen LogP contribution in [0.3, 0.4) is 0 Å². The van der Waals surface area contributed by atoms with Crippen LogP contribution in [0.1, 0.15) is 172 Å². The van der Waals surface area contributed by atoms with Crippen molar-refractivity contribution < 1.29 is 47.9 Å². The lowest BCUT2D eigenvalue weighted by atomic mass is 10.0. The maximum Gasteiger partial charge on any atom is 0.333 e. The summed E-state index contributed by atoms with van der Waals surface area (Å²) in [6, 6.07) is 18.3. The molecule has 1 fully saturated rings. The van der Waals surface area contributed by atoms with E-state index in [1.165, 1.54) is 64.2 Å². The predicted octanol–water partition coefficient (Wildman–Crippen LogP) is 8.65. The Morgan fingerprint density at radius 3 is 1.51 bits per heavy atom. The van der Waals surface area contributed by atoms with Gasteiger partial charge in [0, 0.05) is 38.6 Å².